The zero-order valence-corrected chi connectivity index (χ0v) is 24.0. The van der Waals surface area contributed by atoms with E-state index in [0.29, 0.717) is 18.8 Å². The van der Waals surface area contributed by atoms with E-state index in [1.54, 1.807) is 18.3 Å². The summed E-state index contributed by atoms with van der Waals surface area (Å²) >= 11 is 0. The van der Waals surface area contributed by atoms with Gasteiger partial charge in [0.1, 0.15) is 11.6 Å². The number of ether oxygens (including phenoxy) is 2. The molecule has 0 unspecified atom stereocenters. The Morgan fingerprint density at radius 1 is 1.08 bits per heavy atom. The number of esters is 1. The summed E-state index contributed by atoms with van der Waals surface area (Å²) in [4.78, 5) is 24.6. The predicted octanol–water partition coefficient (Wildman–Crippen LogP) is 6.64. The molecule has 1 aromatic carbocycles. The molecule has 3 aromatic rings. The number of carbonyl (C=O) groups is 1. The Labute approximate surface area is 231 Å². The van der Waals surface area contributed by atoms with Crippen LogP contribution in [0.1, 0.15) is 62.9 Å². The number of benzene rings is 1. The minimum Gasteiger partial charge on any atom is -0.491 e. The normalized spacial score (nSPS) is 14.9. The quantitative estimate of drug-likeness (QED) is 0.287. The highest BCUT2D eigenvalue weighted by atomic mass is 19.1. The molecule has 6 nitrogen and oxygen atoms in total. The van der Waals surface area contributed by atoms with Gasteiger partial charge in [-0.05, 0) is 75.3 Å². The molecule has 4 rings (SSSR count). The SMILES string of the molecule is Cc1cc(-c2cnc(C)c(CC(=O)OC(C)C)c2N2CCC(C)(C)CC2)ncc1OCCc1ccc(F)cc1. The maximum atomic E-state index is 13.2. The second kappa shape index (κ2) is 12.1. The first-order valence-corrected chi connectivity index (χ1v) is 13.8. The lowest BCUT2D eigenvalue weighted by Gasteiger charge is -2.40. The van der Waals surface area contributed by atoms with E-state index < -0.39 is 0 Å². The van der Waals surface area contributed by atoms with Crippen LogP contribution in [0.2, 0.25) is 0 Å². The van der Waals surface area contributed by atoms with E-state index in [0.717, 1.165) is 65.3 Å². The zero-order chi connectivity index (χ0) is 28.2. The maximum Gasteiger partial charge on any atom is 0.310 e. The number of hydrogen-bond donors (Lipinski definition) is 0. The monoisotopic (exact) mass is 533 g/mol. The lowest BCUT2D eigenvalue weighted by Crippen LogP contribution is -2.38. The van der Waals surface area contributed by atoms with Crippen LogP contribution in [0.5, 0.6) is 5.75 Å². The number of anilines is 1. The third kappa shape index (κ3) is 7.34. The van der Waals surface area contributed by atoms with E-state index in [1.165, 1.54) is 12.1 Å². The van der Waals surface area contributed by atoms with Crippen molar-refractivity contribution in [3.8, 4) is 17.0 Å². The number of aromatic nitrogens is 2. The summed E-state index contributed by atoms with van der Waals surface area (Å²) in [6.45, 7) is 14.6. The second-order valence-electron chi connectivity index (χ2n) is 11.5. The van der Waals surface area contributed by atoms with Gasteiger partial charge in [-0.3, -0.25) is 14.8 Å². The highest BCUT2D eigenvalue weighted by molar-refractivity contribution is 5.84. The van der Waals surface area contributed by atoms with Crippen molar-refractivity contribution in [3.63, 3.8) is 0 Å². The number of halogens is 1. The summed E-state index contributed by atoms with van der Waals surface area (Å²) in [6.07, 6.45) is 6.43. The number of rotatable bonds is 9. The Bertz CT molecular complexity index is 1290. The van der Waals surface area contributed by atoms with Gasteiger partial charge >= 0.3 is 5.97 Å². The summed E-state index contributed by atoms with van der Waals surface area (Å²) < 4.78 is 24.7. The van der Waals surface area contributed by atoms with Gasteiger partial charge in [-0.1, -0.05) is 26.0 Å². The van der Waals surface area contributed by atoms with Crippen molar-refractivity contribution in [2.75, 3.05) is 24.6 Å². The minimum atomic E-state index is -0.250. The Balaban J connectivity index is 1.62. The molecule has 1 saturated heterocycles. The molecular weight excluding hydrogens is 493 g/mol. The van der Waals surface area contributed by atoms with Crippen molar-refractivity contribution in [2.45, 2.75) is 73.3 Å². The third-order valence-corrected chi connectivity index (χ3v) is 7.39. The van der Waals surface area contributed by atoms with Crippen LogP contribution in [0.3, 0.4) is 0 Å². The Hall–Kier alpha value is -3.48. The van der Waals surface area contributed by atoms with Crippen molar-refractivity contribution in [2.24, 2.45) is 5.41 Å². The Morgan fingerprint density at radius 2 is 1.77 bits per heavy atom. The van der Waals surface area contributed by atoms with Gasteiger partial charge in [0.05, 0.1) is 36.7 Å². The summed E-state index contributed by atoms with van der Waals surface area (Å²) in [6, 6.07) is 8.49. The number of aryl methyl sites for hydroxylation is 2. The highest BCUT2D eigenvalue weighted by Crippen LogP contribution is 2.40. The molecule has 39 heavy (non-hydrogen) atoms. The molecule has 0 amide bonds. The van der Waals surface area contributed by atoms with Crippen LogP contribution in [-0.2, 0) is 22.4 Å². The zero-order valence-electron chi connectivity index (χ0n) is 24.0. The molecule has 1 fully saturated rings. The van der Waals surface area contributed by atoms with Crippen LogP contribution < -0.4 is 9.64 Å². The Kier molecular flexibility index (Phi) is 8.88. The fourth-order valence-electron chi connectivity index (χ4n) is 4.95. The van der Waals surface area contributed by atoms with Gasteiger partial charge < -0.3 is 14.4 Å². The van der Waals surface area contributed by atoms with Gasteiger partial charge in [-0.15, -0.1) is 0 Å². The van der Waals surface area contributed by atoms with E-state index in [-0.39, 0.29) is 29.7 Å². The van der Waals surface area contributed by atoms with Gasteiger partial charge in [0.25, 0.3) is 0 Å². The van der Waals surface area contributed by atoms with E-state index in [2.05, 4.69) is 23.7 Å². The van der Waals surface area contributed by atoms with E-state index in [4.69, 9.17) is 14.5 Å². The third-order valence-electron chi connectivity index (χ3n) is 7.39. The molecular formula is C32H40FN3O3. The second-order valence-corrected chi connectivity index (χ2v) is 11.5. The number of carbonyl (C=O) groups excluding carboxylic acids is 1. The number of hydrogen-bond acceptors (Lipinski definition) is 6. The molecule has 3 heterocycles. The maximum absolute atomic E-state index is 13.2. The van der Waals surface area contributed by atoms with Crippen LogP contribution in [-0.4, -0.2) is 41.7 Å². The molecule has 0 atom stereocenters. The van der Waals surface area contributed by atoms with Gasteiger partial charge in [-0.25, -0.2) is 4.39 Å². The molecule has 0 spiro atoms. The predicted molar refractivity (Wildman–Crippen MR) is 153 cm³/mol. The standard InChI is InChI=1S/C32H40FN3O3/c1-21(2)39-30(37)18-26-23(4)34-19-27(31(26)36-14-12-32(5,6)13-15-36)28-17-22(3)29(20-35-28)38-16-11-24-7-9-25(33)10-8-24/h7-10,17,19-21H,11-16,18H2,1-6H3. The summed E-state index contributed by atoms with van der Waals surface area (Å²) in [5.74, 6) is 0.219. The molecule has 0 aliphatic carbocycles. The molecule has 208 valence electrons. The average molecular weight is 534 g/mol. The molecule has 0 saturated carbocycles. The van der Waals surface area contributed by atoms with Crippen molar-refractivity contribution in [3.05, 3.63) is 70.9 Å². The summed E-state index contributed by atoms with van der Waals surface area (Å²) in [5, 5.41) is 0. The van der Waals surface area contributed by atoms with Gasteiger partial charge in [0.15, 0.2) is 0 Å². The van der Waals surface area contributed by atoms with Gasteiger partial charge in [0.2, 0.25) is 0 Å². The number of pyridine rings is 2. The van der Waals surface area contributed by atoms with Crippen LogP contribution in [0.4, 0.5) is 10.1 Å². The van der Waals surface area contributed by atoms with Gasteiger partial charge in [0, 0.05) is 42.5 Å². The molecule has 2 aromatic heterocycles. The minimum absolute atomic E-state index is 0.170. The number of nitrogens with zero attached hydrogens (tertiary/aromatic N) is 3. The fraction of sp³-hybridized carbons (Fsp3) is 0.469. The fourth-order valence-corrected chi connectivity index (χ4v) is 4.95. The molecule has 0 bridgehead atoms. The lowest BCUT2D eigenvalue weighted by molar-refractivity contribution is -0.146. The van der Waals surface area contributed by atoms with Crippen LogP contribution in [0.15, 0.2) is 42.7 Å². The van der Waals surface area contributed by atoms with E-state index in [1.807, 2.05) is 40.0 Å². The van der Waals surface area contributed by atoms with E-state index in [9.17, 15) is 9.18 Å². The summed E-state index contributed by atoms with van der Waals surface area (Å²) in [7, 11) is 0. The molecule has 1 aliphatic rings. The smallest absolute Gasteiger partial charge is 0.310 e. The largest absolute Gasteiger partial charge is 0.491 e. The first-order chi connectivity index (χ1) is 18.5. The molecule has 0 radical (unpaired) electrons. The van der Waals surface area contributed by atoms with E-state index >= 15 is 0 Å². The van der Waals surface area contributed by atoms with Crippen molar-refractivity contribution < 1.29 is 18.7 Å². The van der Waals surface area contributed by atoms with Crippen LogP contribution >= 0.6 is 0 Å². The average Bonchev–Trinajstić information content (AvgIpc) is 2.87. The van der Waals surface area contributed by atoms with Crippen LogP contribution in [0.25, 0.3) is 11.3 Å². The summed E-state index contributed by atoms with van der Waals surface area (Å²) in [5.41, 5.74) is 6.73. The molecule has 0 N–H and O–H groups in total. The first-order valence-electron chi connectivity index (χ1n) is 13.8. The van der Waals surface area contributed by atoms with Gasteiger partial charge in [-0.2, -0.15) is 0 Å². The highest BCUT2D eigenvalue weighted by Gasteiger charge is 2.30. The Morgan fingerprint density at radius 3 is 2.41 bits per heavy atom. The van der Waals surface area contributed by atoms with Crippen molar-refractivity contribution in [1.29, 1.82) is 0 Å². The topological polar surface area (TPSA) is 64.5 Å². The number of piperidine rings is 1. The van der Waals surface area contributed by atoms with Crippen molar-refractivity contribution >= 4 is 11.7 Å². The lowest BCUT2D eigenvalue weighted by atomic mass is 9.82. The van der Waals surface area contributed by atoms with Crippen molar-refractivity contribution in [1.82, 2.24) is 9.97 Å². The van der Waals surface area contributed by atoms with Crippen LogP contribution in [0, 0.1) is 25.1 Å². The molecule has 7 heteroatoms. The first kappa shape index (κ1) is 28.5. The molecule has 1 aliphatic heterocycles.